The summed E-state index contributed by atoms with van der Waals surface area (Å²) in [7, 11) is 0. The van der Waals surface area contributed by atoms with E-state index in [1.807, 2.05) is 37.3 Å². The molecule has 2 rings (SSSR count). The van der Waals surface area contributed by atoms with Crippen molar-refractivity contribution in [3.63, 3.8) is 0 Å². The van der Waals surface area contributed by atoms with E-state index < -0.39 is 0 Å². The van der Waals surface area contributed by atoms with E-state index in [4.69, 9.17) is 10.5 Å². The van der Waals surface area contributed by atoms with Gasteiger partial charge in [0, 0.05) is 24.6 Å². The van der Waals surface area contributed by atoms with Gasteiger partial charge in [-0.15, -0.1) is 0 Å². The van der Waals surface area contributed by atoms with Crippen LogP contribution in [0, 0.1) is 6.92 Å². The minimum absolute atomic E-state index is 0.565. The summed E-state index contributed by atoms with van der Waals surface area (Å²) >= 11 is 0. The molecule has 1 aromatic carbocycles. The molecule has 1 aromatic heterocycles. The predicted octanol–water partition coefficient (Wildman–Crippen LogP) is 2.46. The number of aromatic nitrogens is 1. The van der Waals surface area contributed by atoms with Crippen LogP contribution < -0.4 is 15.8 Å². The highest BCUT2D eigenvalue weighted by molar-refractivity contribution is 5.54. The van der Waals surface area contributed by atoms with E-state index in [1.165, 1.54) is 0 Å². The number of aryl methyl sites for hydroxylation is 1. The van der Waals surface area contributed by atoms with Crippen LogP contribution in [0.1, 0.15) is 5.56 Å². The Kier molecular flexibility index (Phi) is 4.02. The zero-order chi connectivity index (χ0) is 12.8. The van der Waals surface area contributed by atoms with Gasteiger partial charge in [0.15, 0.2) is 0 Å². The number of benzene rings is 1. The number of nitrogens with zero attached hydrogens (tertiary/aromatic N) is 1. The minimum Gasteiger partial charge on any atom is -0.490 e. The fourth-order valence-corrected chi connectivity index (χ4v) is 1.63. The Hall–Kier alpha value is -2.23. The quantitative estimate of drug-likeness (QED) is 0.625. The van der Waals surface area contributed by atoms with Crippen molar-refractivity contribution in [2.24, 2.45) is 0 Å². The Balaban J connectivity index is 1.79. The molecule has 0 bridgehead atoms. The molecule has 0 amide bonds. The SMILES string of the molecule is Cc1ccc(OCCNc2ccncc2)c(N)c1. The summed E-state index contributed by atoms with van der Waals surface area (Å²) in [5.41, 5.74) is 8.71. The zero-order valence-electron chi connectivity index (χ0n) is 10.4. The third-order valence-electron chi connectivity index (χ3n) is 2.53. The van der Waals surface area contributed by atoms with Gasteiger partial charge in [0.25, 0.3) is 0 Å². The number of rotatable bonds is 5. The van der Waals surface area contributed by atoms with Gasteiger partial charge in [0.2, 0.25) is 0 Å². The van der Waals surface area contributed by atoms with E-state index in [9.17, 15) is 0 Å². The van der Waals surface area contributed by atoms with Crippen LogP contribution in [0.5, 0.6) is 5.75 Å². The van der Waals surface area contributed by atoms with Gasteiger partial charge < -0.3 is 15.8 Å². The third-order valence-corrected chi connectivity index (χ3v) is 2.53. The number of nitrogens with one attached hydrogen (secondary N) is 1. The molecule has 0 saturated heterocycles. The number of ether oxygens (including phenoxy) is 1. The fraction of sp³-hybridized carbons (Fsp3) is 0.214. The van der Waals surface area contributed by atoms with Crippen LogP contribution in [0.2, 0.25) is 0 Å². The molecule has 0 saturated carbocycles. The molecular weight excluding hydrogens is 226 g/mol. The maximum atomic E-state index is 5.86. The Morgan fingerprint density at radius 3 is 2.72 bits per heavy atom. The van der Waals surface area contributed by atoms with Crippen molar-refractivity contribution in [3.8, 4) is 5.75 Å². The Labute approximate surface area is 107 Å². The zero-order valence-corrected chi connectivity index (χ0v) is 10.4. The molecule has 4 nitrogen and oxygen atoms in total. The molecule has 0 aliphatic rings. The van der Waals surface area contributed by atoms with Crippen molar-refractivity contribution < 1.29 is 4.74 Å². The number of nitrogens with two attached hydrogens (primary N) is 1. The van der Waals surface area contributed by atoms with Gasteiger partial charge in [-0.2, -0.15) is 0 Å². The van der Waals surface area contributed by atoms with Gasteiger partial charge in [0.05, 0.1) is 5.69 Å². The Morgan fingerprint density at radius 2 is 2.00 bits per heavy atom. The molecule has 0 atom stereocenters. The molecule has 1 heterocycles. The van der Waals surface area contributed by atoms with Crippen molar-refractivity contribution in [3.05, 3.63) is 48.3 Å². The van der Waals surface area contributed by atoms with Gasteiger partial charge in [0.1, 0.15) is 12.4 Å². The van der Waals surface area contributed by atoms with Crippen molar-refractivity contribution in [2.45, 2.75) is 6.92 Å². The first-order valence-electron chi connectivity index (χ1n) is 5.88. The van der Waals surface area contributed by atoms with Gasteiger partial charge in [-0.05, 0) is 36.8 Å². The number of pyridine rings is 1. The lowest BCUT2D eigenvalue weighted by Gasteiger charge is -2.10. The molecule has 0 aliphatic heterocycles. The number of hydrogen-bond acceptors (Lipinski definition) is 4. The molecule has 3 N–H and O–H groups in total. The predicted molar refractivity (Wildman–Crippen MR) is 73.8 cm³/mol. The third kappa shape index (κ3) is 3.38. The van der Waals surface area contributed by atoms with Gasteiger partial charge >= 0.3 is 0 Å². The van der Waals surface area contributed by atoms with Gasteiger partial charge in [-0.1, -0.05) is 6.07 Å². The van der Waals surface area contributed by atoms with Crippen LogP contribution in [-0.2, 0) is 0 Å². The average molecular weight is 243 g/mol. The molecule has 0 spiro atoms. The standard InChI is InChI=1S/C14H17N3O/c1-11-2-3-14(13(15)10-11)18-9-8-17-12-4-6-16-7-5-12/h2-7,10H,8-9,15H2,1H3,(H,16,17). The van der Waals surface area contributed by atoms with Crippen molar-refractivity contribution in [1.82, 2.24) is 4.98 Å². The van der Waals surface area contributed by atoms with Crippen molar-refractivity contribution >= 4 is 11.4 Å². The van der Waals surface area contributed by atoms with Crippen LogP contribution in [0.15, 0.2) is 42.7 Å². The lowest BCUT2D eigenvalue weighted by molar-refractivity contribution is 0.334. The number of nitrogen functional groups attached to an aromatic ring is 1. The van der Waals surface area contributed by atoms with Crippen LogP contribution in [0.25, 0.3) is 0 Å². The molecule has 0 radical (unpaired) electrons. The van der Waals surface area contributed by atoms with Crippen molar-refractivity contribution in [1.29, 1.82) is 0 Å². The Bertz CT molecular complexity index is 500. The van der Waals surface area contributed by atoms with Crippen molar-refractivity contribution in [2.75, 3.05) is 24.2 Å². The largest absolute Gasteiger partial charge is 0.490 e. The number of hydrogen-bond donors (Lipinski definition) is 2. The second-order valence-electron chi connectivity index (χ2n) is 4.05. The molecule has 0 unspecified atom stereocenters. The van der Waals surface area contributed by atoms with Gasteiger partial charge in [-0.3, -0.25) is 4.98 Å². The maximum Gasteiger partial charge on any atom is 0.142 e. The smallest absolute Gasteiger partial charge is 0.142 e. The second kappa shape index (κ2) is 5.91. The molecule has 2 aromatic rings. The highest BCUT2D eigenvalue weighted by atomic mass is 16.5. The van der Waals surface area contributed by atoms with Gasteiger partial charge in [-0.25, -0.2) is 0 Å². The lowest BCUT2D eigenvalue weighted by atomic mass is 10.2. The summed E-state index contributed by atoms with van der Waals surface area (Å²) in [6.45, 7) is 3.29. The monoisotopic (exact) mass is 243 g/mol. The van der Waals surface area contributed by atoms with Crippen LogP contribution in [0.3, 0.4) is 0 Å². The first-order valence-corrected chi connectivity index (χ1v) is 5.88. The summed E-state index contributed by atoms with van der Waals surface area (Å²) in [4.78, 5) is 3.95. The molecule has 0 fully saturated rings. The molecule has 4 heteroatoms. The summed E-state index contributed by atoms with van der Waals surface area (Å²) in [5, 5.41) is 3.24. The van der Waals surface area contributed by atoms with E-state index >= 15 is 0 Å². The maximum absolute atomic E-state index is 5.86. The summed E-state index contributed by atoms with van der Waals surface area (Å²) in [6.07, 6.45) is 3.50. The summed E-state index contributed by atoms with van der Waals surface area (Å²) in [6, 6.07) is 9.63. The van der Waals surface area contributed by atoms with E-state index in [0.717, 1.165) is 23.5 Å². The molecular formula is C14H17N3O. The van der Waals surface area contributed by atoms with E-state index in [1.54, 1.807) is 12.4 Å². The number of anilines is 2. The first-order chi connectivity index (χ1) is 8.75. The van der Waals surface area contributed by atoms with Crippen LogP contribution in [-0.4, -0.2) is 18.1 Å². The molecule has 94 valence electrons. The van der Waals surface area contributed by atoms with E-state index in [2.05, 4.69) is 10.3 Å². The summed E-state index contributed by atoms with van der Waals surface area (Å²) < 4.78 is 5.61. The summed E-state index contributed by atoms with van der Waals surface area (Å²) in [5.74, 6) is 0.733. The normalized spacial score (nSPS) is 10.1. The second-order valence-corrected chi connectivity index (χ2v) is 4.05. The van der Waals surface area contributed by atoms with Crippen LogP contribution >= 0.6 is 0 Å². The van der Waals surface area contributed by atoms with E-state index in [-0.39, 0.29) is 0 Å². The Morgan fingerprint density at radius 1 is 1.22 bits per heavy atom. The highest BCUT2D eigenvalue weighted by Crippen LogP contribution is 2.21. The van der Waals surface area contributed by atoms with Crippen LogP contribution in [0.4, 0.5) is 11.4 Å². The first kappa shape index (κ1) is 12.2. The average Bonchev–Trinajstić information content (AvgIpc) is 2.38. The lowest BCUT2D eigenvalue weighted by Crippen LogP contribution is -2.12. The van der Waals surface area contributed by atoms with E-state index in [0.29, 0.717) is 12.3 Å². The minimum atomic E-state index is 0.565. The molecule has 18 heavy (non-hydrogen) atoms. The fourth-order valence-electron chi connectivity index (χ4n) is 1.63. The molecule has 0 aliphatic carbocycles. The topological polar surface area (TPSA) is 60.2 Å². The highest BCUT2D eigenvalue weighted by Gasteiger charge is 1.99.